The zero-order chi connectivity index (χ0) is 21.7. The van der Waals surface area contributed by atoms with Gasteiger partial charge in [0.05, 0.1) is 12.6 Å². The number of amides is 1. The molecule has 3 N–H and O–H groups in total. The number of hydrogen-bond donors (Lipinski definition) is 3. The number of esters is 1. The largest absolute Gasteiger partial charge is 0.480 e. The van der Waals surface area contributed by atoms with E-state index in [1.807, 2.05) is 30.5 Å². The number of fused-ring (bicyclic) bond motifs is 1. The number of carboxylic acids is 1. The Morgan fingerprint density at radius 1 is 1.33 bits per heavy atom. The maximum Gasteiger partial charge on any atom is 0.326 e. The number of aromatic nitrogens is 1. The van der Waals surface area contributed by atoms with Crippen molar-refractivity contribution in [1.29, 1.82) is 0 Å². The fourth-order valence-corrected chi connectivity index (χ4v) is 4.06. The van der Waals surface area contributed by atoms with E-state index in [0.29, 0.717) is 32.2 Å². The third kappa shape index (κ3) is 4.81. The third-order valence-electron chi connectivity index (χ3n) is 5.59. The number of nitrogens with one attached hydrogen (secondary N) is 2. The maximum atomic E-state index is 12.8. The van der Waals surface area contributed by atoms with Crippen molar-refractivity contribution in [1.82, 2.24) is 15.2 Å². The fourth-order valence-electron chi connectivity index (χ4n) is 4.06. The number of carboxylic acid groups (broad SMARTS) is 1. The van der Waals surface area contributed by atoms with Crippen molar-refractivity contribution in [2.75, 3.05) is 13.2 Å². The van der Waals surface area contributed by atoms with E-state index in [9.17, 15) is 19.5 Å². The van der Waals surface area contributed by atoms with Crippen LogP contribution in [0.3, 0.4) is 0 Å². The first-order valence-electron chi connectivity index (χ1n) is 10.4. The molecule has 1 fully saturated rings. The van der Waals surface area contributed by atoms with Crippen molar-refractivity contribution in [2.45, 2.75) is 57.7 Å². The van der Waals surface area contributed by atoms with Crippen molar-refractivity contribution in [2.24, 2.45) is 0 Å². The number of para-hydroxylation sites is 1. The van der Waals surface area contributed by atoms with E-state index in [1.54, 1.807) is 13.8 Å². The summed E-state index contributed by atoms with van der Waals surface area (Å²) < 4.78 is 5.20. The molecular formula is C22H29N3O5. The lowest BCUT2D eigenvalue weighted by Gasteiger charge is -2.27. The first-order chi connectivity index (χ1) is 14.4. The molecule has 0 bridgehead atoms. The second-order valence-electron chi connectivity index (χ2n) is 7.62. The van der Waals surface area contributed by atoms with Crippen LogP contribution in [0, 0.1) is 0 Å². The average molecular weight is 415 g/mol. The normalized spacial score (nSPS) is 18.3. The summed E-state index contributed by atoms with van der Waals surface area (Å²) in [6.45, 7) is 4.07. The number of rotatable bonds is 9. The lowest BCUT2D eigenvalue weighted by Crippen LogP contribution is -2.53. The van der Waals surface area contributed by atoms with E-state index < -0.39 is 30.1 Å². The van der Waals surface area contributed by atoms with Crippen molar-refractivity contribution in [3.63, 3.8) is 0 Å². The zero-order valence-corrected chi connectivity index (χ0v) is 17.4. The van der Waals surface area contributed by atoms with Crippen molar-refractivity contribution >= 4 is 28.7 Å². The van der Waals surface area contributed by atoms with Gasteiger partial charge in [0.15, 0.2) is 0 Å². The predicted molar refractivity (Wildman–Crippen MR) is 112 cm³/mol. The molecule has 1 saturated heterocycles. The first-order valence-corrected chi connectivity index (χ1v) is 10.4. The van der Waals surface area contributed by atoms with Crippen LogP contribution in [0.5, 0.6) is 0 Å². The molecule has 1 aliphatic rings. The Morgan fingerprint density at radius 3 is 2.83 bits per heavy atom. The lowest BCUT2D eigenvalue weighted by molar-refractivity contribution is -0.150. The highest BCUT2D eigenvalue weighted by Crippen LogP contribution is 2.21. The summed E-state index contributed by atoms with van der Waals surface area (Å²) in [5.41, 5.74) is 2.12. The number of aliphatic carboxylic acids is 1. The number of carbonyl (C=O) groups is 3. The Kier molecular flexibility index (Phi) is 7.10. The minimum atomic E-state index is -0.991. The highest BCUT2D eigenvalue weighted by Gasteiger charge is 2.37. The van der Waals surface area contributed by atoms with E-state index in [-0.39, 0.29) is 12.5 Å². The summed E-state index contributed by atoms with van der Waals surface area (Å²) in [6.07, 6.45) is 4.14. The summed E-state index contributed by atoms with van der Waals surface area (Å²) in [5.74, 6) is -1.70. The smallest absolute Gasteiger partial charge is 0.326 e. The molecule has 30 heavy (non-hydrogen) atoms. The van der Waals surface area contributed by atoms with Gasteiger partial charge >= 0.3 is 11.9 Å². The van der Waals surface area contributed by atoms with E-state index in [1.165, 1.54) is 4.90 Å². The number of H-pyrrole nitrogens is 1. The molecule has 3 atom stereocenters. The van der Waals surface area contributed by atoms with Crippen LogP contribution in [-0.2, 0) is 25.5 Å². The highest BCUT2D eigenvalue weighted by atomic mass is 16.5. The number of aryl methyl sites for hydroxylation is 1. The molecule has 2 heterocycles. The second-order valence-corrected chi connectivity index (χ2v) is 7.62. The molecule has 0 saturated carbocycles. The van der Waals surface area contributed by atoms with Crippen LogP contribution in [-0.4, -0.2) is 64.1 Å². The first kappa shape index (κ1) is 21.8. The Labute approximate surface area is 175 Å². The molecule has 1 aromatic heterocycles. The Morgan fingerprint density at radius 2 is 2.10 bits per heavy atom. The van der Waals surface area contributed by atoms with Gasteiger partial charge in [-0.1, -0.05) is 18.2 Å². The summed E-state index contributed by atoms with van der Waals surface area (Å²) in [7, 11) is 0. The van der Waals surface area contributed by atoms with Crippen LogP contribution in [0.1, 0.15) is 38.7 Å². The SMILES string of the molecule is CCOC(=O)C(CCc1c[nH]c2ccccc12)N[C@@H](C)C(=O)N1CCC[C@H]1C(=O)O. The number of likely N-dealkylation sites (tertiary alicyclic amines) is 1. The molecule has 1 aliphatic heterocycles. The number of benzene rings is 1. The molecule has 8 nitrogen and oxygen atoms in total. The summed E-state index contributed by atoms with van der Waals surface area (Å²) >= 11 is 0. The minimum Gasteiger partial charge on any atom is -0.480 e. The molecular weight excluding hydrogens is 386 g/mol. The standard InChI is InChI=1S/C22H29N3O5/c1-3-30-22(29)18(11-10-15-13-23-17-8-5-4-7-16(15)17)24-14(2)20(26)25-12-6-9-19(25)21(27)28/h4-5,7-8,13-14,18-19,23-24H,3,6,9-12H2,1-2H3,(H,27,28)/t14-,18?,19-/m0/s1. The van der Waals surface area contributed by atoms with Gasteiger partial charge in [-0.2, -0.15) is 0 Å². The van der Waals surface area contributed by atoms with Gasteiger partial charge in [0.2, 0.25) is 5.91 Å². The monoisotopic (exact) mass is 415 g/mol. The molecule has 1 unspecified atom stereocenters. The van der Waals surface area contributed by atoms with Gasteiger partial charge in [0, 0.05) is 23.6 Å². The van der Waals surface area contributed by atoms with Crippen molar-refractivity contribution < 1.29 is 24.2 Å². The average Bonchev–Trinajstić information content (AvgIpc) is 3.38. The number of aromatic amines is 1. The van der Waals surface area contributed by atoms with Gasteiger partial charge in [0.25, 0.3) is 0 Å². The van der Waals surface area contributed by atoms with Crippen LogP contribution >= 0.6 is 0 Å². The predicted octanol–water partition coefficient (Wildman–Crippen LogP) is 2.09. The van der Waals surface area contributed by atoms with Gasteiger partial charge in [-0.3, -0.25) is 14.9 Å². The van der Waals surface area contributed by atoms with Crippen LogP contribution in [0.2, 0.25) is 0 Å². The molecule has 8 heteroatoms. The molecule has 1 aromatic carbocycles. The van der Waals surface area contributed by atoms with E-state index in [2.05, 4.69) is 10.3 Å². The van der Waals surface area contributed by atoms with Gasteiger partial charge in [-0.25, -0.2) is 4.79 Å². The third-order valence-corrected chi connectivity index (χ3v) is 5.59. The van der Waals surface area contributed by atoms with E-state index in [4.69, 9.17) is 4.74 Å². The number of ether oxygens (including phenoxy) is 1. The Hall–Kier alpha value is -2.87. The summed E-state index contributed by atoms with van der Waals surface area (Å²) in [4.78, 5) is 41.4. The fraction of sp³-hybridized carbons (Fsp3) is 0.500. The van der Waals surface area contributed by atoms with Crippen LogP contribution in [0.15, 0.2) is 30.5 Å². The lowest BCUT2D eigenvalue weighted by atomic mass is 10.0. The molecule has 0 radical (unpaired) electrons. The van der Waals surface area contributed by atoms with Crippen LogP contribution < -0.4 is 5.32 Å². The Bertz CT molecular complexity index is 909. The van der Waals surface area contributed by atoms with Crippen molar-refractivity contribution in [3.05, 3.63) is 36.0 Å². The molecule has 162 valence electrons. The Balaban J connectivity index is 1.68. The van der Waals surface area contributed by atoms with Crippen LogP contribution in [0.25, 0.3) is 10.9 Å². The van der Waals surface area contributed by atoms with Crippen LogP contribution in [0.4, 0.5) is 0 Å². The van der Waals surface area contributed by atoms with Gasteiger partial charge in [-0.15, -0.1) is 0 Å². The number of carbonyl (C=O) groups excluding carboxylic acids is 2. The van der Waals surface area contributed by atoms with Gasteiger partial charge in [-0.05, 0) is 51.2 Å². The molecule has 2 aromatic rings. The minimum absolute atomic E-state index is 0.250. The quantitative estimate of drug-likeness (QED) is 0.541. The number of nitrogens with zero attached hydrogens (tertiary/aromatic N) is 1. The highest BCUT2D eigenvalue weighted by molar-refractivity contribution is 5.88. The van der Waals surface area contributed by atoms with Crippen molar-refractivity contribution in [3.8, 4) is 0 Å². The number of hydrogen-bond acceptors (Lipinski definition) is 5. The zero-order valence-electron chi connectivity index (χ0n) is 17.4. The molecule has 0 spiro atoms. The molecule has 3 rings (SSSR count). The van der Waals surface area contributed by atoms with Gasteiger partial charge < -0.3 is 19.7 Å². The summed E-state index contributed by atoms with van der Waals surface area (Å²) in [5, 5.41) is 13.5. The molecule has 0 aliphatic carbocycles. The second kappa shape index (κ2) is 9.75. The maximum absolute atomic E-state index is 12.8. The molecule has 1 amide bonds. The van der Waals surface area contributed by atoms with E-state index >= 15 is 0 Å². The summed E-state index contributed by atoms with van der Waals surface area (Å²) in [6, 6.07) is 5.80. The van der Waals surface area contributed by atoms with E-state index in [0.717, 1.165) is 16.5 Å². The van der Waals surface area contributed by atoms with Gasteiger partial charge in [0.1, 0.15) is 12.1 Å². The topological polar surface area (TPSA) is 112 Å².